The maximum Gasteiger partial charge on any atom is 0.189 e. The van der Waals surface area contributed by atoms with Crippen LogP contribution < -0.4 is 4.74 Å². The van der Waals surface area contributed by atoms with Gasteiger partial charge < -0.3 is 9.84 Å². The number of allylic oxidation sites excluding steroid dienone is 2. The van der Waals surface area contributed by atoms with E-state index in [1.807, 2.05) is 50.3 Å². The molecule has 0 atom stereocenters. The molecule has 0 bridgehead atoms. The van der Waals surface area contributed by atoms with E-state index >= 15 is 0 Å². The Morgan fingerprint density at radius 3 is 2.52 bits per heavy atom. The number of aromatic hydroxyl groups is 1. The molecule has 0 amide bonds. The van der Waals surface area contributed by atoms with Crippen LogP contribution in [-0.2, 0) is 0 Å². The Hall–Kier alpha value is -2.81. The molecule has 0 spiro atoms. The predicted molar refractivity (Wildman–Crippen MR) is 92.8 cm³/mol. The van der Waals surface area contributed by atoms with Crippen LogP contribution in [0.4, 0.5) is 0 Å². The van der Waals surface area contributed by atoms with E-state index in [1.54, 1.807) is 18.2 Å². The predicted octanol–water partition coefficient (Wildman–Crippen LogP) is 4.63. The number of hydrogen-bond donors (Lipinski definition) is 1. The van der Waals surface area contributed by atoms with Gasteiger partial charge in [0, 0.05) is 6.07 Å². The summed E-state index contributed by atoms with van der Waals surface area (Å²) in [7, 11) is 0. The monoisotopic (exact) mass is 308 g/mol. The van der Waals surface area contributed by atoms with Crippen LogP contribution in [0.15, 0.2) is 66.3 Å². The van der Waals surface area contributed by atoms with E-state index < -0.39 is 0 Å². The lowest BCUT2D eigenvalue weighted by atomic mass is 10.1. The van der Waals surface area contributed by atoms with Crippen LogP contribution in [0.5, 0.6) is 11.5 Å². The quantitative estimate of drug-likeness (QED) is 0.480. The molecule has 3 nitrogen and oxygen atoms in total. The number of ketones is 1. The minimum Gasteiger partial charge on any atom is -0.507 e. The lowest BCUT2D eigenvalue weighted by Crippen LogP contribution is -1.98. The average molecular weight is 308 g/mol. The molecule has 0 heterocycles. The fourth-order valence-electron chi connectivity index (χ4n) is 1.94. The molecule has 0 saturated heterocycles. The molecule has 0 aliphatic carbocycles. The Bertz CT molecular complexity index is 724. The first-order valence-electron chi connectivity index (χ1n) is 7.43. The molecule has 0 saturated carbocycles. The molecule has 2 aromatic rings. The third-order valence-corrected chi connectivity index (χ3v) is 3.20. The minimum atomic E-state index is -0.248. The van der Waals surface area contributed by atoms with Crippen LogP contribution in [0.2, 0.25) is 0 Å². The van der Waals surface area contributed by atoms with Crippen molar-refractivity contribution >= 4 is 11.9 Å². The summed E-state index contributed by atoms with van der Waals surface area (Å²) in [4.78, 5) is 12.2. The lowest BCUT2D eigenvalue weighted by molar-refractivity contribution is 0.104. The van der Waals surface area contributed by atoms with Crippen molar-refractivity contribution in [2.24, 2.45) is 0 Å². The molecule has 0 unspecified atom stereocenters. The Morgan fingerprint density at radius 2 is 1.87 bits per heavy atom. The van der Waals surface area contributed by atoms with Gasteiger partial charge in [-0.25, -0.2) is 0 Å². The second kappa shape index (κ2) is 7.99. The molecule has 1 N–H and O–H groups in total. The molecular weight excluding hydrogens is 288 g/mol. The standard InChI is InChI=1S/C20H20O3/c1-15(2)12-13-23-17-9-10-18(20(22)14-17)19(21)11-8-16-6-4-3-5-7-16/h3-12,14,22H,13H2,1-2H3. The molecule has 23 heavy (non-hydrogen) atoms. The van der Waals surface area contributed by atoms with E-state index in [-0.39, 0.29) is 17.1 Å². The third kappa shape index (κ3) is 5.15. The fraction of sp³-hybridized carbons (Fsp3) is 0.150. The Kier molecular flexibility index (Phi) is 5.75. The molecule has 0 radical (unpaired) electrons. The largest absolute Gasteiger partial charge is 0.507 e. The highest BCUT2D eigenvalue weighted by atomic mass is 16.5. The maximum atomic E-state index is 12.2. The topological polar surface area (TPSA) is 46.5 Å². The molecule has 2 aromatic carbocycles. The zero-order valence-corrected chi connectivity index (χ0v) is 13.3. The van der Waals surface area contributed by atoms with E-state index in [0.717, 1.165) is 11.1 Å². The summed E-state index contributed by atoms with van der Waals surface area (Å²) in [6.45, 7) is 4.41. The van der Waals surface area contributed by atoms with E-state index in [0.29, 0.717) is 12.4 Å². The number of carbonyl (C=O) groups is 1. The summed E-state index contributed by atoms with van der Waals surface area (Å²) in [5.74, 6) is 0.202. The number of hydrogen-bond acceptors (Lipinski definition) is 3. The van der Waals surface area contributed by atoms with Gasteiger partial charge in [-0.2, -0.15) is 0 Å². The molecular formula is C20H20O3. The lowest BCUT2D eigenvalue weighted by Gasteiger charge is -2.06. The molecule has 0 aliphatic rings. The van der Waals surface area contributed by atoms with Gasteiger partial charge >= 0.3 is 0 Å². The van der Waals surface area contributed by atoms with E-state index in [1.165, 1.54) is 12.1 Å². The van der Waals surface area contributed by atoms with Gasteiger partial charge in [0.25, 0.3) is 0 Å². The molecule has 2 rings (SSSR count). The summed E-state index contributed by atoms with van der Waals surface area (Å²) in [6.07, 6.45) is 5.12. The van der Waals surface area contributed by atoms with Crippen LogP contribution in [-0.4, -0.2) is 17.5 Å². The zero-order chi connectivity index (χ0) is 16.7. The van der Waals surface area contributed by atoms with Crippen molar-refractivity contribution in [2.75, 3.05) is 6.61 Å². The van der Waals surface area contributed by atoms with Crippen molar-refractivity contribution in [1.29, 1.82) is 0 Å². The minimum absolute atomic E-state index is 0.0811. The van der Waals surface area contributed by atoms with Crippen molar-refractivity contribution in [2.45, 2.75) is 13.8 Å². The smallest absolute Gasteiger partial charge is 0.189 e. The summed E-state index contributed by atoms with van der Waals surface area (Å²) in [6, 6.07) is 14.3. The summed E-state index contributed by atoms with van der Waals surface area (Å²) >= 11 is 0. The number of rotatable bonds is 6. The van der Waals surface area contributed by atoms with Crippen LogP contribution in [0, 0.1) is 0 Å². The number of benzene rings is 2. The van der Waals surface area contributed by atoms with E-state index in [4.69, 9.17) is 4.74 Å². The first-order chi connectivity index (χ1) is 11.1. The molecule has 0 aromatic heterocycles. The second-order valence-corrected chi connectivity index (χ2v) is 5.38. The van der Waals surface area contributed by atoms with Crippen molar-refractivity contribution in [1.82, 2.24) is 0 Å². The molecule has 3 heteroatoms. The number of carbonyl (C=O) groups excluding carboxylic acids is 1. The van der Waals surface area contributed by atoms with Gasteiger partial charge in [-0.15, -0.1) is 0 Å². The molecule has 0 fully saturated rings. The van der Waals surface area contributed by atoms with E-state index in [2.05, 4.69) is 0 Å². The van der Waals surface area contributed by atoms with Gasteiger partial charge in [-0.1, -0.05) is 42.0 Å². The van der Waals surface area contributed by atoms with Crippen LogP contribution in [0.3, 0.4) is 0 Å². The second-order valence-electron chi connectivity index (χ2n) is 5.38. The Morgan fingerprint density at radius 1 is 1.13 bits per heavy atom. The Balaban J connectivity index is 2.06. The SMILES string of the molecule is CC(C)=CCOc1ccc(C(=O)C=Cc2ccccc2)c(O)c1. The molecule has 118 valence electrons. The van der Waals surface area contributed by atoms with Gasteiger partial charge in [0.2, 0.25) is 0 Å². The van der Waals surface area contributed by atoms with E-state index in [9.17, 15) is 9.90 Å². The third-order valence-electron chi connectivity index (χ3n) is 3.20. The van der Waals surface area contributed by atoms with Crippen molar-refractivity contribution in [3.8, 4) is 11.5 Å². The first kappa shape index (κ1) is 16.6. The van der Waals surface area contributed by atoms with Crippen LogP contribution in [0.25, 0.3) is 6.08 Å². The van der Waals surface area contributed by atoms with Gasteiger partial charge in [0.15, 0.2) is 5.78 Å². The molecule has 0 aliphatic heterocycles. The van der Waals surface area contributed by atoms with Gasteiger partial charge in [-0.3, -0.25) is 4.79 Å². The number of phenolic OH excluding ortho intramolecular Hbond substituents is 1. The van der Waals surface area contributed by atoms with Gasteiger partial charge in [0.1, 0.15) is 18.1 Å². The van der Waals surface area contributed by atoms with Crippen molar-refractivity contribution in [3.05, 3.63) is 77.4 Å². The summed E-state index contributed by atoms with van der Waals surface area (Å²) in [5, 5.41) is 10.0. The summed E-state index contributed by atoms with van der Waals surface area (Å²) in [5.41, 5.74) is 2.35. The first-order valence-corrected chi connectivity index (χ1v) is 7.43. The average Bonchev–Trinajstić information content (AvgIpc) is 2.53. The van der Waals surface area contributed by atoms with Gasteiger partial charge in [0.05, 0.1) is 5.56 Å². The van der Waals surface area contributed by atoms with Crippen LogP contribution >= 0.6 is 0 Å². The van der Waals surface area contributed by atoms with Crippen LogP contribution in [0.1, 0.15) is 29.8 Å². The normalized spacial score (nSPS) is 10.5. The maximum absolute atomic E-state index is 12.2. The van der Waals surface area contributed by atoms with Crippen molar-refractivity contribution < 1.29 is 14.6 Å². The van der Waals surface area contributed by atoms with Gasteiger partial charge in [-0.05, 0) is 43.7 Å². The number of ether oxygens (including phenoxy) is 1. The fourth-order valence-corrected chi connectivity index (χ4v) is 1.94. The summed E-state index contributed by atoms with van der Waals surface area (Å²) < 4.78 is 5.50. The zero-order valence-electron chi connectivity index (χ0n) is 13.3. The highest BCUT2D eigenvalue weighted by molar-refractivity contribution is 6.08. The Labute approximate surface area is 136 Å². The highest BCUT2D eigenvalue weighted by Crippen LogP contribution is 2.24. The highest BCUT2D eigenvalue weighted by Gasteiger charge is 2.09. The number of phenols is 1. The van der Waals surface area contributed by atoms with Crippen molar-refractivity contribution in [3.63, 3.8) is 0 Å².